The summed E-state index contributed by atoms with van der Waals surface area (Å²) < 4.78 is 31.5. The van der Waals surface area contributed by atoms with Crippen LogP contribution in [0.2, 0.25) is 0 Å². The summed E-state index contributed by atoms with van der Waals surface area (Å²) in [6.45, 7) is 1.63. The number of sulfonamides is 1. The summed E-state index contributed by atoms with van der Waals surface area (Å²) in [6, 6.07) is 3.80. The average molecular weight is 284 g/mol. The summed E-state index contributed by atoms with van der Waals surface area (Å²) in [5.74, 6) is -0.752. The Bertz CT molecular complexity index is 672. The van der Waals surface area contributed by atoms with Crippen LogP contribution < -0.4 is 4.72 Å². The van der Waals surface area contributed by atoms with Crippen LogP contribution in [-0.4, -0.2) is 24.5 Å². The highest BCUT2D eigenvalue weighted by Gasteiger charge is 2.22. The Hall–Kier alpha value is -2.06. The first-order chi connectivity index (χ1) is 8.90. The van der Waals surface area contributed by atoms with E-state index in [4.69, 9.17) is 9.52 Å². The number of carboxylic acid groups (broad SMARTS) is 1. The van der Waals surface area contributed by atoms with Crippen molar-refractivity contribution in [1.82, 2.24) is 9.71 Å². The molecule has 0 aliphatic rings. The minimum Gasteiger partial charge on any atom is -0.477 e. The monoisotopic (exact) mass is 284 g/mol. The van der Waals surface area contributed by atoms with E-state index in [-0.39, 0.29) is 10.6 Å². The van der Waals surface area contributed by atoms with Gasteiger partial charge in [0, 0.05) is 6.20 Å². The zero-order chi connectivity index (χ0) is 14.0. The second kappa shape index (κ2) is 4.90. The van der Waals surface area contributed by atoms with Gasteiger partial charge in [0.1, 0.15) is 16.3 Å². The number of aromatic carboxylic acids is 1. The van der Waals surface area contributed by atoms with Crippen LogP contribution in [0, 0.1) is 0 Å². The number of furan rings is 1. The highest BCUT2D eigenvalue weighted by atomic mass is 32.2. The van der Waals surface area contributed by atoms with Gasteiger partial charge in [0.2, 0.25) is 10.0 Å². The number of hydrogen-bond donors (Lipinski definition) is 3. The second-order valence-electron chi connectivity index (χ2n) is 3.91. The Morgan fingerprint density at radius 2 is 2.26 bits per heavy atom. The summed E-state index contributed by atoms with van der Waals surface area (Å²) in [6.07, 6.45) is 2.57. The standard InChI is InChI=1S/C11H12N2O5S/c1-7(10-3-2-4-18-10)13-19(16,17)8-5-9(11(14)15)12-6-8/h2-7,12-13H,1H3,(H,14,15)/t7-/m0/s1. The molecule has 0 aliphatic carbocycles. The van der Waals surface area contributed by atoms with Crippen molar-refractivity contribution in [2.24, 2.45) is 0 Å². The Balaban J connectivity index is 2.20. The highest BCUT2D eigenvalue weighted by molar-refractivity contribution is 7.89. The van der Waals surface area contributed by atoms with Gasteiger partial charge in [-0.15, -0.1) is 0 Å². The third-order valence-corrected chi connectivity index (χ3v) is 4.02. The quantitative estimate of drug-likeness (QED) is 0.767. The van der Waals surface area contributed by atoms with Gasteiger partial charge in [-0.25, -0.2) is 17.9 Å². The fourth-order valence-electron chi connectivity index (χ4n) is 1.55. The maximum atomic E-state index is 12.0. The van der Waals surface area contributed by atoms with Gasteiger partial charge in [-0.1, -0.05) is 0 Å². The number of aromatic amines is 1. The number of nitrogens with one attached hydrogen (secondary N) is 2. The minimum absolute atomic E-state index is 0.136. The van der Waals surface area contributed by atoms with Crippen molar-refractivity contribution in [1.29, 1.82) is 0 Å². The van der Waals surface area contributed by atoms with Crippen LogP contribution in [0.1, 0.15) is 29.2 Å². The molecule has 2 aromatic heterocycles. The van der Waals surface area contributed by atoms with Crippen LogP contribution in [0.25, 0.3) is 0 Å². The number of H-pyrrole nitrogens is 1. The van der Waals surface area contributed by atoms with Gasteiger partial charge < -0.3 is 14.5 Å². The van der Waals surface area contributed by atoms with Gasteiger partial charge in [-0.05, 0) is 25.1 Å². The lowest BCUT2D eigenvalue weighted by atomic mass is 10.3. The van der Waals surface area contributed by atoms with Crippen molar-refractivity contribution in [3.05, 3.63) is 42.1 Å². The predicted molar refractivity (Wildman–Crippen MR) is 65.2 cm³/mol. The van der Waals surface area contributed by atoms with Crippen LogP contribution in [0.3, 0.4) is 0 Å². The van der Waals surface area contributed by atoms with Crippen molar-refractivity contribution in [3.8, 4) is 0 Å². The molecule has 0 bridgehead atoms. The largest absolute Gasteiger partial charge is 0.477 e. The van der Waals surface area contributed by atoms with E-state index in [0.717, 1.165) is 12.3 Å². The molecule has 102 valence electrons. The molecule has 2 heterocycles. The van der Waals surface area contributed by atoms with E-state index in [1.165, 1.54) is 6.26 Å². The lowest BCUT2D eigenvalue weighted by Crippen LogP contribution is -2.26. The normalized spacial score (nSPS) is 13.3. The van der Waals surface area contributed by atoms with Gasteiger partial charge >= 0.3 is 5.97 Å². The zero-order valence-corrected chi connectivity index (χ0v) is 10.8. The third-order valence-electron chi connectivity index (χ3n) is 2.50. The van der Waals surface area contributed by atoms with E-state index < -0.39 is 22.0 Å². The first-order valence-electron chi connectivity index (χ1n) is 5.37. The number of hydrogen-bond acceptors (Lipinski definition) is 4. The Kier molecular flexibility index (Phi) is 3.45. The van der Waals surface area contributed by atoms with Gasteiger partial charge in [-0.3, -0.25) is 0 Å². The second-order valence-corrected chi connectivity index (χ2v) is 5.63. The third kappa shape index (κ3) is 2.85. The lowest BCUT2D eigenvalue weighted by Gasteiger charge is -2.10. The Morgan fingerprint density at radius 3 is 2.79 bits per heavy atom. The van der Waals surface area contributed by atoms with E-state index >= 15 is 0 Å². The maximum absolute atomic E-state index is 12.0. The van der Waals surface area contributed by atoms with E-state index in [1.807, 2.05) is 0 Å². The smallest absolute Gasteiger partial charge is 0.352 e. The molecule has 0 radical (unpaired) electrons. The summed E-state index contributed by atoms with van der Waals surface area (Å²) in [5.41, 5.74) is -0.189. The summed E-state index contributed by atoms with van der Waals surface area (Å²) in [5, 5.41) is 8.73. The molecule has 1 atom stereocenters. The van der Waals surface area contributed by atoms with E-state index in [0.29, 0.717) is 5.76 Å². The Labute approximate surface area is 109 Å². The maximum Gasteiger partial charge on any atom is 0.352 e. The van der Waals surface area contributed by atoms with Crippen LogP contribution in [0.4, 0.5) is 0 Å². The van der Waals surface area contributed by atoms with Gasteiger partial charge in [0.25, 0.3) is 0 Å². The van der Waals surface area contributed by atoms with Crippen LogP contribution >= 0.6 is 0 Å². The first-order valence-corrected chi connectivity index (χ1v) is 6.86. The van der Waals surface area contributed by atoms with E-state index in [2.05, 4.69) is 9.71 Å². The molecular weight excluding hydrogens is 272 g/mol. The number of rotatable bonds is 5. The molecule has 2 aromatic rings. The first kappa shape index (κ1) is 13.4. The molecule has 2 rings (SSSR count). The molecule has 0 fully saturated rings. The van der Waals surface area contributed by atoms with E-state index in [1.54, 1.807) is 19.1 Å². The number of carboxylic acids is 1. The molecule has 19 heavy (non-hydrogen) atoms. The van der Waals surface area contributed by atoms with Crippen molar-refractivity contribution in [2.45, 2.75) is 17.9 Å². The van der Waals surface area contributed by atoms with Crippen LogP contribution in [0.5, 0.6) is 0 Å². The molecule has 0 saturated carbocycles. The van der Waals surface area contributed by atoms with Crippen molar-refractivity contribution < 1.29 is 22.7 Å². The molecule has 0 aliphatic heterocycles. The lowest BCUT2D eigenvalue weighted by molar-refractivity contribution is 0.0691. The van der Waals surface area contributed by atoms with Crippen molar-refractivity contribution >= 4 is 16.0 Å². The molecule has 7 nitrogen and oxygen atoms in total. The molecule has 0 amide bonds. The number of aromatic nitrogens is 1. The molecule has 8 heteroatoms. The van der Waals surface area contributed by atoms with Gasteiger partial charge in [-0.2, -0.15) is 0 Å². The Morgan fingerprint density at radius 1 is 1.53 bits per heavy atom. The van der Waals surface area contributed by atoms with Gasteiger partial charge in [0.05, 0.1) is 12.3 Å². The van der Waals surface area contributed by atoms with Crippen molar-refractivity contribution in [3.63, 3.8) is 0 Å². The average Bonchev–Trinajstić information content (AvgIpc) is 3.00. The SMILES string of the molecule is C[C@H](NS(=O)(=O)c1c[nH]c(C(=O)O)c1)c1ccco1. The fraction of sp³-hybridized carbons (Fsp3) is 0.182. The van der Waals surface area contributed by atoms with Crippen LogP contribution in [0.15, 0.2) is 40.0 Å². The van der Waals surface area contributed by atoms with E-state index in [9.17, 15) is 13.2 Å². The summed E-state index contributed by atoms with van der Waals surface area (Å²) >= 11 is 0. The molecule has 0 saturated heterocycles. The summed E-state index contributed by atoms with van der Waals surface area (Å²) in [4.78, 5) is 12.9. The topological polar surface area (TPSA) is 112 Å². The molecule has 0 spiro atoms. The fourth-order valence-corrected chi connectivity index (χ4v) is 2.75. The molecule has 3 N–H and O–H groups in total. The zero-order valence-electron chi connectivity index (χ0n) is 9.95. The molecular formula is C11H12N2O5S. The molecule has 0 aromatic carbocycles. The molecule has 0 unspecified atom stereocenters. The van der Waals surface area contributed by atoms with Crippen molar-refractivity contribution in [2.75, 3.05) is 0 Å². The van der Waals surface area contributed by atoms with Crippen LogP contribution in [-0.2, 0) is 10.0 Å². The summed E-state index contributed by atoms with van der Waals surface area (Å²) in [7, 11) is -3.80. The minimum atomic E-state index is -3.80. The number of carbonyl (C=O) groups is 1. The highest BCUT2D eigenvalue weighted by Crippen LogP contribution is 2.17. The van der Waals surface area contributed by atoms with Gasteiger partial charge in [0.15, 0.2) is 0 Å². The predicted octanol–water partition coefficient (Wildman–Crippen LogP) is 1.35.